The number of carbonyl (C=O) groups excluding carboxylic acids is 1. The Labute approximate surface area is 183 Å². The Balaban J connectivity index is 1.77. The number of ketones is 1. The highest BCUT2D eigenvalue weighted by Gasteiger charge is 2.07. The molecule has 0 aliphatic carbocycles. The SMILES string of the molecule is O=C(C=C=C(c1ccccc1)c1ccccc1)C=C(c1ccccc1)c1ccccc1. The van der Waals surface area contributed by atoms with Gasteiger partial charge in [-0.1, -0.05) is 121 Å². The Morgan fingerprint density at radius 3 is 1.26 bits per heavy atom. The van der Waals surface area contributed by atoms with Crippen LogP contribution in [0.15, 0.2) is 139 Å². The monoisotopic (exact) mass is 398 g/mol. The fourth-order valence-electron chi connectivity index (χ4n) is 3.44. The Morgan fingerprint density at radius 2 is 0.871 bits per heavy atom. The van der Waals surface area contributed by atoms with E-state index >= 15 is 0 Å². The molecule has 4 aromatic rings. The molecule has 0 N–H and O–H groups in total. The van der Waals surface area contributed by atoms with Crippen molar-refractivity contribution in [1.29, 1.82) is 0 Å². The maximum absolute atomic E-state index is 13.0. The number of carbonyl (C=O) groups is 1. The minimum atomic E-state index is -0.105. The van der Waals surface area contributed by atoms with Gasteiger partial charge in [0.2, 0.25) is 0 Å². The van der Waals surface area contributed by atoms with Gasteiger partial charge in [0.1, 0.15) is 0 Å². The van der Waals surface area contributed by atoms with E-state index in [1.165, 1.54) is 6.08 Å². The van der Waals surface area contributed by atoms with Gasteiger partial charge in [-0.3, -0.25) is 4.79 Å². The van der Waals surface area contributed by atoms with E-state index in [1.54, 1.807) is 6.08 Å². The summed E-state index contributed by atoms with van der Waals surface area (Å²) < 4.78 is 0. The van der Waals surface area contributed by atoms with E-state index in [0.717, 1.165) is 33.4 Å². The van der Waals surface area contributed by atoms with Crippen LogP contribution in [0.25, 0.3) is 11.1 Å². The summed E-state index contributed by atoms with van der Waals surface area (Å²) in [6, 6.07) is 40.0. The van der Waals surface area contributed by atoms with E-state index in [-0.39, 0.29) is 5.78 Å². The predicted octanol–water partition coefficient (Wildman–Crippen LogP) is 6.97. The molecule has 31 heavy (non-hydrogen) atoms. The molecule has 1 nitrogen and oxygen atoms in total. The average Bonchev–Trinajstić information content (AvgIpc) is 2.85. The zero-order chi connectivity index (χ0) is 21.3. The van der Waals surface area contributed by atoms with Gasteiger partial charge in [-0.15, -0.1) is 5.73 Å². The molecule has 0 radical (unpaired) electrons. The Bertz CT molecular complexity index is 1150. The fourth-order valence-corrected chi connectivity index (χ4v) is 3.44. The van der Waals surface area contributed by atoms with Crippen LogP contribution in [0, 0.1) is 0 Å². The molecule has 0 saturated carbocycles. The van der Waals surface area contributed by atoms with E-state index in [9.17, 15) is 4.79 Å². The molecule has 0 bridgehead atoms. The lowest BCUT2D eigenvalue weighted by molar-refractivity contribution is -0.110. The molecule has 0 atom stereocenters. The van der Waals surface area contributed by atoms with Crippen LogP contribution in [0.3, 0.4) is 0 Å². The summed E-state index contributed by atoms with van der Waals surface area (Å²) >= 11 is 0. The Kier molecular flexibility index (Phi) is 6.50. The van der Waals surface area contributed by atoms with E-state index < -0.39 is 0 Å². The quantitative estimate of drug-likeness (QED) is 0.253. The standard InChI is InChI=1S/C30H22O/c31-28(23-30(26-17-9-3-10-18-26)27-19-11-4-12-20-27)21-22-29(24-13-5-1-6-14-24)25-15-7-2-8-16-25/h1-21,23H. The number of hydrogen-bond acceptors (Lipinski definition) is 1. The van der Waals surface area contributed by atoms with Gasteiger partial charge in [-0.2, -0.15) is 0 Å². The van der Waals surface area contributed by atoms with Gasteiger partial charge in [0, 0.05) is 11.6 Å². The van der Waals surface area contributed by atoms with Crippen molar-refractivity contribution in [3.05, 3.63) is 161 Å². The Hall–Kier alpha value is -4.19. The summed E-state index contributed by atoms with van der Waals surface area (Å²) in [6.07, 6.45) is 3.21. The van der Waals surface area contributed by atoms with Crippen LogP contribution in [0.4, 0.5) is 0 Å². The van der Waals surface area contributed by atoms with Gasteiger partial charge in [-0.25, -0.2) is 0 Å². The molecule has 0 amide bonds. The number of rotatable bonds is 6. The van der Waals surface area contributed by atoms with Crippen molar-refractivity contribution < 1.29 is 4.79 Å². The van der Waals surface area contributed by atoms with Crippen LogP contribution in [0.1, 0.15) is 22.3 Å². The molecule has 0 aromatic heterocycles. The fraction of sp³-hybridized carbons (Fsp3) is 0. The van der Waals surface area contributed by atoms with E-state index in [0.29, 0.717) is 0 Å². The van der Waals surface area contributed by atoms with E-state index in [4.69, 9.17) is 0 Å². The molecular formula is C30H22O. The third kappa shape index (κ3) is 5.25. The molecule has 0 spiro atoms. The molecule has 0 aliphatic heterocycles. The lowest BCUT2D eigenvalue weighted by Gasteiger charge is -2.07. The van der Waals surface area contributed by atoms with Crippen molar-refractivity contribution in [3.8, 4) is 0 Å². The minimum Gasteiger partial charge on any atom is -0.289 e. The first-order chi connectivity index (χ1) is 15.3. The molecule has 0 aliphatic rings. The van der Waals surface area contributed by atoms with Crippen molar-refractivity contribution in [2.75, 3.05) is 0 Å². The molecule has 0 unspecified atom stereocenters. The molecule has 4 rings (SSSR count). The molecule has 0 saturated heterocycles. The molecular weight excluding hydrogens is 376 g/mol. The topological polar surface area (TPSA) is 17.1 Å². The first-order valence-corrected chi connectivity index (χ1v) is 10.3. The van der Waals surface area contributed by atoms with Crippen molar-refractivity contribution in [3.63, 3.8) is 0 Å². The minimum absolute atomic E-state index is 0.105. The van der Waals surface area contributed by atoms with Crippen molar-refractivity contribution in [2.45, 2.75) is 0 Å². The van der Waals surface area contributed by atoms with Gasteiger partial charge < -0.3 is 0 Å². The second kappa shape index (κ2) is 10.0. The highest BCUT2D eigenvalue weighted by Crippen LogP contribution is 2.24. The summed E-state index contributed by atoms with van der Waals surface area (Å²) in [6.45, 7) is 0. The first kappa shape index (κ1) is 20.1. The largest absolute Gasteiger partial charge is 0.289 e. The summed E-state index contributed by atoms with van der Waals surface area (Å²) in [5.41, 5.74) is 9.10. The molecule has 0 fully saturated rings. The van der Waals surface area contributed by atoms with Crippen LogP contribution in [0.5, 0.6) is 0 Å². The van der Waals surface area contributed by atoms with Gasteiger partial charge in [-0.05, 0) is 33.9 Å². The molecule has 148 valence electrons. The summed E-state index contributed by atoms with van der Waals surface area (Å²) in [7, 11) is 0. The van der Waals surface area contributed by atoms with Crippen molar-refractivity contribution >= 4 is 16.9 Å². The normalized spacial score (nSPS) is 9.94. The number of benzene rings is 4. The van der Waals surface area contributed by atoms with Crippen molar-refractivity contribution in [2.24, 2.45) is 0 Å². The predicted molar refractivity (Wildman–Crippen MR) is 128 cm³/mol. The maximum Gasteiger partial charge on any atom is 0.186 e. The number of hydrogen-bond donors (Lipinski definition) is 0. The lowest BCUT2D eigenvalue weighted by atomic mass is 9.96. The summed E-state index contributed by atoms with van der Waals surface area (Å²) in [4.78, 5) is 13.0. The van der Waals surface area contributed by atoms with Gasteiger partial charge in [0.05, 0.1) is 0 Å². The smallest absolute Gasteiger partial charge is 0.186 e. The van der Waals surface area contributed by atoms with Crippen molar-refractivity contribution in [1.82, 2.24) is 0 Å². The third-order valence-corrected chi connectivity index (χ3v) is 4.94. The van der Waals surface area contributed by atoms with E-state index in [2.05, 4.69) is 5.73 Å². The van der Waals surface area contributed by atoms with Crippen LogP contribution in [0.2, 0.25) is 0 Å². The molecule has 0 heterocycles. The molecule has 4 aromatic carbocycles. The van der Waals surface area contributed by atoms with Crippen LogP contribution in [-0.2, 0) is 4.79 Å². The van der Waals surface area contributed by atoms with Crippen LogP contribution < -0.4 is 0 Å². The second-order valence-corrected chi connectivity index (χ2v) is 7.09. The highest BCUT2D eigenvalue weighted by atomic mass is 16.1. The average molecular weight is 399 g/mol. The zero-order valence-electron chi connectivity index (χ0n) is 17.1. The number of allylic oxidation sites excluding steroid dienone is 2. The molecule has 1 heteroatoms. The first-order valence-electron chi connectivity index (χ1n) is 10.3. The van der Waals surface area contributed by atoms with Gasteiger partial charge >= 0.3 is 0 Å². The third-order valence-electron chi connectivity index (χ3n) is 4.94. The second-order valence-electron chi connectivity index (χ2n) is 7.09. The zero-order valence-corrected chi connectivity index (χ0v) is 17.1. The van der Waals surface area contributed by atoms with E-state index in [1.807, 2.05) is 121 Å². The lowest BCUT2D eigenvalue weighted by Crippen LogP contribution is -1.93. The summed E-state index contributed by atoms with van der Waals surface area (Å²) in [5.74, 6) is -0.105. The van der Waals surface area contributed by atoms with Crippen LogP contribution in [-0.4, -0.2) is 5.78 Å². The highest BCUT2D eigenvalue weighted by molar-refractivity contribution is 6.07. The van der Waals surface area contributed by atoms with Gasteiger partial charge in [0.15, 0.2) is 5.78 Å². The Morgan fingerprint density at radius 1 is 0.516 bits per heavy atom. The summed E-state index contributed by atoms with van der Waals surface area (Å²) in [5, 5.41) is 0. The van der Waals surface area contributed by atoms with Gasteiger partial charge in [0.25, 0.3) is 0 Å². The van der Waals surface area contributed by atoms with Crippen LogP contribution >= 0.6 is 0 Å². The maximum atomic E-state index is 13.0.